The third kappa shape index (κ3) is 3.94. The third-order valence-corrected chi connectivity index (χ3v) is 1.98. The number of aliphatic carboxylic acids is 1. The summed E-state index contributed by atoms with van der Waals surface area (Å²) in [5, 5.41) is 8.55. The van der Waals surface area contributed by atoms with Crippen molar-refractivity contribution >= 4 is 23.8 Å². The topological polar surface area (TPSA) is 96.5 Å². The first-order valence-electron chi connectivity index (χ1n) is 4.86. The second-order valence-corrected chi connectivity index (χ2v) is 3.41. The van der Waals surface area contributed by atoms with Gasteiger partial charge in [0.2, 0.25) is 5.91 Å². The van der Waals surface area contributed by atoms with Crippen LogP contribution in [0.4, 0.5) is 5.82 Å². The van der Waals surface area contributed by atoms with Crippen LogP contribution in [0.3, 0.4) is 0 Å². The summed E-state index contributed by atoms with van der Waals surface area (Å²) < 4.78 is 0. The van der Waals surface area contributed by atoms with Crippen LogP contribution < -0.4 is 10.6 Å². The van der Waals surface area contributed by atoms with E-state index in [0.717, 1.165) is 6.08 Å². The van der Waals surface area contributed by atoms with Crippen molar-refractivity contribution < 1.29 is 14.7 Å². The highest BCUT2D eigenvalue weighted by Crippen LogP contribution is 2.16. The lowest BCUT2D eigenvalue weighted by Gasteiger charge is -2.17. The maximum absolute atomic E-state index is 10.8. The van der Waals surface area contributed by atoms with Crippen LogP contribution in [-0.2, 0) is 9.59 Å². The van der Waals surface area contributed by atoms with Crippen LogP contribution in [0.1, 0.15) is 5.56 Å². The zero-order chi connectivity index (χ0) is 12.8. The highest BCUT2D eigenvalue weighted by atomic mass is 16.4. The number of carboxylic acids is 1. The van der Waals surface area contributed by atoms with Crippen LogP contribution in [0, 0.1) is 0 Å². The van der Waals surface area contributed by atoms with Crippen LogP contribution in [0.25, 0.3) is 6.08 Å². The van der Waals surface area contributed by atoms with E-state index in [-0.39, 0.29) is 6.54 Å². The van der Waals surface area contributed by atoms with E-state index in [1.807, 2.05) is 0 Å². The lowest BCUT2D eigenvalue weighted by atomic mass is 10.2. The monoisotopic (exact) mass is 235 g/mol. The molecule has 0 bridgehead atoms. The molecule has 0 saturated carbocycles. The molecule has 0 aliphatic carbocycles. The van der Waals surface area contributed by atoms with Crippen molar-refractivity contribution in [2.24, 2.45) is 5.73 Å². The molecule has 0 atom stereocenters. The molecular weight excluding hydrogens is 222 g/mol. The number of carboxylic acid groups (broad SMARTS) is 1. The zero-order valence-corrected chi connectivity index (χ0v) is 9.33. The number of nitrogens with two attached hydrogens (primary N) is 1. The highest BCUT2D eigenvalue weighted by molar-refractivity contribution is 5.87. The van der Waals surface area contributed by atoms with Gasteiger partial charge < -0.3 is 15.7 Å². The van der Waals surface area contributed by atoms with Crippen LogP contribution in [0.5, 0.6) is 0 Å². The van der Waals surface area contributed by atoms with Crippen molar-refractivity contribution in [1.29, 1.82) is 0 Å². The number of carbonyl (C=O) groups excluding carboxylic acids is 1. The minimum absolute atomic E-state index is 0.0188. The smallest absolute Gasteiger partial charge is 0.328 e. The van der Waals surface area contributed by atoms with Crippen molar-refractivity contribution in [3.63, 3.8) is 0 Å². The highest BCUT2D eigenvalue weighted by Gasteiger charge is 2.08. The maximum Gasteiger partial charge on any atom is 0.328 e. The summed E-state index contributed by atoms with van der Waals surface area (Å²) in [6, 6.07) is 3.39. The van der Waals surface area contributed by atoms with Gasteiger partial charge in [0.15, 0.2) is 0 Å². The first kappa shape index (κ1) is 12.7. The van der Waals surface area contributed by atoms with E-state index in [1.165, 1.54) is 6.08 Å². The summed E-state index contributed by atoms with van der Waals surface area (Å²) in [6.07, 6.45) is 3.99. The van der Waals surface area contributed by atoms with E-state index >= 15 is 0 Å². The second kappa shape index (κ2) is 5.64. The molecule has 1 heterocycles. The van der Waals surface area contributed by atoms with Crippen LogP contribution in [0.2, 0.25) is 0 Å². The summed E-state index contributed by atoms with van der Waals surface area (Å²) in [4.78, 5) is 26.9. The Labute approximate surface area is 98.4 Å². The summed E-state index contributed by atoms with van der Waals surface area (Å²) in [5.41, 5.74) is 5.69. The predicted molar refractivity (Wildman–Crippen MR) is 63.4 cm³/mol. The van der Waals surface area contributed by atoms with E-state index in [4.69, 9.17) is 10.8 Å². The average molecular weight is 235 g/mol. The molecule has 3 N–H and O–H groups in total. The molecule has 90 valence electrons. The fourth-order valence-electron chi connectivity index (χ4n) is 1.33. The summed E-state index contributed by atoms with van der Waals surface area (Å²) in [6.45, 7) is 0.0188. The molecule has 6 nitrogen and oxygen atoms in total. The van der Waals surface area contributed by atoms with E-state index in [9.17, 15) is 9.59 Å². The molecule has 1 rings (SSSR count). The molecule has 0 aliphatic rings. The number of hydrogen-bond donors (Lipinski definition) is 2. The van der Waals surface area contributed by atoms with Gasteiger partial charge in [-0.1, -0.05) is 0 Å². The van der Waals surface area contributed by atoms with Gasteiger partial charge in [0.1, 0.15) is 5.82 Å². The Hall–Kier alpha value is -2.37. The molecule has 1 amide bonds. The molecule has 0 radical (unpaired) electrons. The van der Waals surface area contributed by atoms with Crippen molar-refractivity contribution in [3.05, 3.63) is 30.0 Å². The first-order valence-corrected chi connectivity index (χ1v) is 4.86. The largest absolute Gasteiger partial charge is 0.478 e. The van der Waals surface area contributed by atoms with Gasteiger partial charge in [-0.2, -0.15) is 0 Å². The quantitative estimate of drug-likeness (QED) is 0.705. The molecule has 0 aromatic carbocycles. The number of rotatable bonds is 5. The molecule has 0 fully saturated rings. The summed E-state index contributed by atoms with van der Waals surface area (Å²) in [7, 11) is 1.66. The van der Waals surface area contributed by atoms with Gasteiger partial charge in [0, 0.05) is 24.9 Å². The van der Waals surface area contributed by atoms with Crippen molar-refractivity contribution in [1.82, 2.24) is 4.98 Å². The van der Waals surface area contributed by atoms with Crippen LogP contribution >= 0.6 is 0 Å². The normalized spacial score (nSPS) is 10.4. The molecule has 6 heteroatoms. The van der Waals surface area contributed by atoms with Gasteiger partial charge in [0.25, 0.3) is 0 Å². The Morgan fingerprint density at radius 2 is 2.29 bits per heavy atom. The number of primary amides is 1. The molecule has 0 spiro atoms. The fourth-order valence-corrected chi connectivity index (χ4v) is 1.33. The zero-order valence-electron chi connectivity index (χ0n) is 9.33. The van der Waals surface area contributed by atoms with E-state index in [0.29, 0.717) is 11.4 Å². The van der Waals surface area contributed by atoms with Crippen LogP contribution in [-0.4, -0.2) is 35.6 Å². The molecule has 0 aliphatic heterocycles. The Kier molecular flexibility index (Phi) is 4.21. The minimum atomic E-state index is -1.04. The van der Waals surface area contributed by atoms with E-state index in [2.05, 4.69) is 4.98 Å². The van der Waals surface area contributed by atoms with Crippen molar-refractivity contribution in [2.75, 3.05) is 18.5 Å². The molecule has 0 unspecified atom stereocenters. The number of aromatic nitrogens is 1. The predicted octanol–water partition coefficient (Wildman–Crippen LogP) is 0.101. The number of likely N-dealkylation sites (N-methyl/N-ethyl adjacent to an activating group) is 1. The van der Waals surface area contributed by atoms with Crippen molar-refractivity contribution in [2.45, 2.75) is 0 Å². The van der Waals surface area contributed by atoms with Gasteiger partial charge in [-0.15, -0.1) is 0 Å². The lowest BCUT2D eigenvalue weighted by molar-refractivity contribution is -0.131. The second-order valence-electron chi connectivity index (χ2n) is 3.41. The molecule has 1 aromatic heterocycles. The Morgan fingerprint density at radius 1 is 1.59 bits per heavy atom. The van der Waals surface area contributed by atoms with Gasteiger partial charge in [-0.05, 0) is 18.2 Å². The Morgan fingerprint density at radius 3 is 2.88 bits per heavy atom. The third-order valence-electron chi connectivity index (χ3n) is 1.98. The minimum Gasteiger partial charge on any atom is -0.478 e. The fraction of sp³-hybridized carbons (Fsp3) is 0.182. The molecular formula is C11H13N3O3. The number of hydrogen-bond acceptors (Lipinski definition) is 4. The van der Waals surface area contributed by atoms with Crippen LogP contribution in [0.15, 0.2) is 24.4 Å². The summed E-state index contributed by atoms with van der Waals surface area (Å²) in [5.74, 6) is -1.02. The molecule has 1 aromatic rings. The van der Waals surface area contributed by atoms with E-state index in [1.54, 1.807) is 30.3 Å². The van der Waals surface area contributed by atoms with E-state index < -0.39 is 11.9 Å². The SMILES string of the molecule is CN(CC(N)=O)c1ncccc1/C=C/C(=O)O. The number of amides is 1. The molecule has 17 heavy (non-hydrogen) atoms. The summed E-state index contributed by atoms with van der Waals surface area (Å²) >= 11 is 0. The number of nitrogens with zero attached hydrogens (tertiary/aromatic N) is 2. The maximum atomic E-state index is 10.8. The Bertz CT molecular complexity index is 457. The van der Waals surface area contributed by atoms with Gasteiger partial charge >= 0.3 is 5.97 Å². The number of pyridine rings is 1. The lowest BCUT2D eigenvalue weighted by Crippen LogP contribution is -2.31. The standard InChI is InChI=1S/C11H13N3O3/c1-14(7-9(12)15)11-8(3-2-6-13-11)4-5-10(16)17/h2-6H,7H2,1H3,(H2,12,15)(H,16,17)/b5-4+. The van der Waals surface area contributed by atoms with Crippen molar-refractivity contribution in [3.8, 4) is 0 Å². The number of anilines is 1. The molecule has 0 saturated heterocycles. The number of carbonyl (C=O) groups is 2. The first-order chi connectivity index (χ1) is 8.00. The average Bonchev–Trinajstić information content (AvgIpc) is 2.25. The Balaban J connectivity index is 2.98. The van der Waals surface area contributed by atoms with Gasteiger partial charge in [-0.25, -0.2) is 9.78 Å². The van der Waals surface area contributed by atoms with Gasteiger partial charge in [0.05, 0.1) is 6.54 Å². The van der Waals surface area contributed by atoms with Gasteiger partial charge in [-0.3, -0.25) is 4.79 Å².